The number of nitrogens with two attached hydrogens (primary N) is 1. The Balaban J connectivity index is 2.21. The molecule has 0 aliphatic carbocycles. The second-order valence-corrected chi connectivity index (χ2v) is 5.24. The van der Waals surface area contributed by atoms with Gasteiger partial charge in [-0.2, -0.15) is 5.10 Å². The third kappa shape index (κ3) is 2.02. The van der Waals surface area contributed by atoms with Gasteiger partial charge in [0.2, 0.25) is 0 Å². The Hall–Kier alpha value is -2.14. The maximum absolute atomic E-state index is 13.2. The zero-order valence-corrected chi connectivity index (χ0v) is 11.1. The number of hydrogen-bond donors (Lipinski definition) is 2. The number of anilines is 1. The van der Waals surface area contributed by atoms with Crippen LogP contribution in [0.1, 0.15) is 5.56 Å². The standard InChI is InChI=1S/C14H12FN3S/c1-8-7-9(15)4-5-10(8)13-12(14(16)18-17-13)11-3-2-6-19-11/h2-7H,1H3,(H3,16,17,18). The number of H-pyrrole nitrogens is 1. The summed E-state index contributed by atoms with van der Waals surface area (Å²) < 4.78 is 13.2. The summed E-state index contributed by atoms with van der Waals surface area (Å²) in [6.45, 7) is 1.87. The van der Waals surface area contributed by atoms with Gasteiger partial charge in [-0.25, -0.2) is 4.39 Å². The van der Waals surface area contributed by atoms with E-state index >= 15 is 0 Å². The Bertz CT molecular complexity index is 716. The molecule has 0 bridgehead atoms. The van der Waals surface area contributed by atoms with E-state index < -0.39 is 0 Å². The van der Waals surface area contributed by atoms with Gasteiger partial charge in [0.1, 0.15) is 5.82 Å². The van der Waals surface area contributed by atoms with Crippen molar-refractivity contribution in [3.05, 3.63) is 47.1 Å². The summed E-state index contributed by atoms with van der Waals surface area (Å²) in [7, 11) is 0. The molecule has 0 saturated heterocycles. The molecule has 2 heterocycles. The molecule has 0 radical (unpaired) electrons. The van der Waals surface area contributed by atoms with Gasteiger partial charge in [0, 0.05) is 10.4 Å². The molecule has 2 aromatic heterocycles. The van der Waals surface area contributed by atoms with Crippen LogP contribution in [-0.2, 0) is 0 Å². The normalized spacial score (nSPS) is 10.8. The molecule has 0 aliphatic heterocycles. The Morgan fingerprint density at radius 2 is 2.16 bits per heavy atom. The van der Waals surface area contributed by atoms with E-state index in [1.165, 1.54) is 12.1 Å². The van der Waals surface area contributed by atoms with Crippen LogP contribution < -0.4 is 5.73 Å². The van der Waals surface area contributed by atoms with Crippen molar-refractivity contribution in [1.82, 2.24) is 10.2 Å². The number of halogens is 1. The van der Waals surface area contributed by atoms with Crippen molar-refractivity contribution >= 4 is 17.2 Å². The summed E-state index contributed by atoms with van der Waals surface area (Å²) in [4.78, 5) is 1.05. The van der Waals surface area contributed by atoms with Crippen LogP contribution in [0.15, 0.2) is 35.7 Å². The fourth-order valence-electron chi connectivity index (χ4n) is 2.13. The third-order valence-electron chi connectivity index (χ3n) is 3.02. The molecular weight excluding hydrogens is 261 g/mol. The second kappa shape index (κ2) is 4.51. The summed E-state index contributed by atoms with van der Waals surface area (Å²) in [6.07, 6.45) is 0. The van der Waals surface area contributed by atoms with E-state index in [9.17, 15) is 4.39 Å². The number of nitrogens with one attached hydrogen (secondary N) is 1. The SMILES string of the molecule is Cc1cc(F)ccc1-c1[nH]nc(N)c1-c1cccs1. The van der Waals surface area contributed by atoms with Crippen molar-refractivity contribution in [2.24, 2.45) is 0 Å². The van der Waals surface area contributed by atoms with Crippen LogP contribution in [-0.4, -0.2) is 10.2 Å². The molecule has 3 rings (SSSR count). The Labute approximate surface area is 113 Å². The molecule has 0 saturated carbocycles. The predicted octanol–water partition coefficient (Wildman–Crippen LogP) is 3.83. The lowest BCUT2D eigenvalue weighted by atomic mass is 10.0. The zero-order chi connectivity index (χ0) is 13.4. The van der Waals surface area contributed by atoms with E-state index in [1.807, 2.05) is 24.4 Å². The monoisotopic (exact) mass is 273 g/mol. The van der Waals surface area contributed by atoms with Crippen LogP contribution in [0.4, 0.5) is 10.2 Å². The first-order valence-electron chi connectivity index (χ1n) is 5.81. The van der Waals surface area contributed by atoms with E-state index in [0.29, 0.717) is 5.82 Å². The topological polar surface area (TPSA) is 54.7 Å². The number of nitrogen functional groups attached to an aromatic ring is 1. The molecule has 96 valence electrons. The van der Waals surface area contributed by atoms with Gasteiger partial charge in [0.25, 0.3) is 0 Å². The number of aromatic nitrogens is 2. The predicted molar refractivity (Wildman–Crippen MR) is 76.4 cm³/mol. The van der Waals surface area contributed by atoms with Crippen molar-refractivity contribution in [3.8, 4) is 21.7 Å². The van der Waals surface area contributed by atoms with Crippen LogP contribution in [0.2, 0.25) is 0 Å². The minimum absolute atomic E-state index is 0.244. The maximum atomic E-state index is 13.2. The fraction of sp³-hybridized carbons (Fsp3) is 0.0714. The number of thiophene rings is 1. The summed E-state index contributed by atoms with van der Waals surface area (Å²) in [6, 6.07) is 8.65. The Morgan fingerprint density at radius 3 is 2.84 bits per heavy atom. The molecule has 3 nitrogen and oxygen atoms in total. The van der Waals surface area contributed by atoms with E-state index in [0.717, 1.165) is 27.3 Å². The Morgan fingerprint density at radius 1 is 1.32 bits per heavy atom. The number of rotatable bonds is 2. The van der Waals surface area contributed by atoms with Crippen molar-refractivity contribution in [2.75, 3.05) is 5.73 Å². The minimum Gasteiger partial charge on any atom is -0.382 e. The largest absolute Gasteiger partial charge is 0.382 e. The molecule has 0 atom stereocenters. The maximum Gasteiger partial charge on any atom is 0.154 e. The van der Waals surface area contributed by atoms with Crippen LogP contribution in [0.25, 0.3) is 21.7 Å². The van der Waals surface area contributed by atoms with Crippen LogP contribution >= 0.6 is 11.3 Å². The highest BCUT2D eigenvalue weighted by atomic mass is 32.1. The van der Waals surface area contributed by atoms with Gasteiger partial charge in [0.15, 0.2) is 5.82 Å². The van der Waals surface area contributed by atoms with E-state index in [4.69, 9.17) is 5.73 Å². The van der Waals surface area contributed by atoms with Crippen LogP contribution in [0, 0.1) is 12.7 Å². The van der Waals surface area contributed by atoms with Gasteiger partial charge < -0.3 is 5.73 Å². The third-order valence-corrected chi connectivity index (χ3v) is 3.91. The molecule has 3 aromatic rings. The molecule has 0 unspecified atom stereocenters. The summed E-state index contributed by atoms with van der Waals surface area (Å²) in [5.74, 6) is 0.215. The molecule has 0 fully saturated rings. The van der Waals surface area contributed by atoms with Crippen molar-refractivity contribution < 1.29 is 4.39 Å². The number of aromatic amines is 1. The van der Waals surface area contributed by atoms with Crippen molar-refractivity contribution in [2.45, 2.75) is 6.92 Å². The van der Waals surface area contributed by atoms with Crippen molar-refractivity contribution in [1.29, 1.82) is 0 Å². The molecule has 0 spiro atoms. The highest BCUT2D eigenvalue weighted by molar-refractivity contribution is 7.13. The first-order valence-corrected chi connectivity index (χ1v) is 6.69. The van der Waals surface area contributed by atoms with Gasteiger partial charge in [-0.3, -0.25) is 5.10 Å². The smallest absolute Gasteiger partial charge is 0.154 e. The molecule has 0 aliphatic rings. The number of aryl methyl sites for hydroxylation is 1. The first kappa shape index (κ1) is 11.9. The Kier molecular flexibility index (Phi) is 2.83. The average Bonchev–Trinajstić information content (AvgIpc) is 2.98. The molecule has 19 heavy (non-hydrogen) atoms. The van der Waals surface area contributed by atoms with E-state index in [1.54, 1.807) is 17.4 Å². The van der Waals surface area contributed by atoms with Gasteiger partial charge in [-0.15, -0.1) is 11.3 Å². The lowest BCUT2D eigenvalue weighted by Crippen LogP contribution is -1.89. The van der Waals surface area contributed by atoms with Gasteiger partial charge in [-0.1, -0.05) is 6.07 Å². The highest BCUT2D eigenvalue weighted by Gasteiger charge is 2.17. The average molecular weight is 273 g/mol. The summed E-state index contributed by atoms with van der Waals surface area (Å²) in [5.41, 5.74) is 9.41. The second-order valence-electron chi connectivity index (χ2n) is 4.30. The van der Waals surface area contributed by atoms with Gasteiger partial charge in [0.05, 0.1) is 11.3 Å². The molecule has 0 amide bonds. The van der Waals surface area contributed by atoms with E-state index in [-0.39, 0.29) is 5.82 Å². The molecule has 3 N–H and O–H groups in total. The summed E-state index contributed by atoms with van der Waals surface area (Å²) in [5, 5.41) is 9.02. The zero-order valence-electron chi connectivity index (χ0n) is 10.3. The van der Waals surface area contributed by atoms with Gasteiger partial charge in [-0.05, 0) is 42.1 Å². The lowest BCUT2D eigenvalue weighted by Gasteiger charge is -2.06. The molecular formula is C14H12FN3S. The van der Waals surface area contributed by atoms with Crippen LogP contribution in [0.5, 0.6) is 0 Å². The lowest BCUT2D eigenvalue weighted by molar-refractivity contribution is 0.627. The van der Waals surface area contributed by atoms with Crippen LogP contribution in [0.3, 0.4) is 0 Å². The number of hydrogen-bond acceptors (Lipinski definition) is 3. The minimum atomic E-state index is -0.244. The number of benzene rings is 1. The first-order chi connectivity index (χ1) is 9.16. The van der Waals surface area contributed by atoms with Gasteiger partial charge >= 0.3 is 0 Å². The quantitative estimate of drug-likeness (QED) is 0.745. The number of nitrogens with zero attached hydrogens (tertiary/aromatic N) is 1. The van der Waals surface area contributed by atoms with E-state index in [2.05, 4.69) is 10.2 Å². The fourth-order valence-corrected chi connectivity index (χ4v) is 2.91. The molecule has 5 heteroatoms. The summed E-state index contributed by atoms with van der Waals surface area (Å²) >= 11 is 1.60. The highest BCUT2D eigenvalue weighted by Crippen LogP contribution is 2.38. The molecule has 1 aromatic carbocycles. The van der Waals surface area contributed by atoms with Crippen molar-refractivity contribution in [3.63, 3.8) is 0 Å².